The predicted octanol–water partition coefficient (Wildman–Crippen LogP) is 2.82. The highest BCUT2D eigenvalue weighted by Gasteiger charge is 2.12. The minimum absolute atomic E-state index is 0.161. The van der Waals surface area contributed by atoms with E-state index in [1.165, 1.54) is 0 Å². The Kier molecular flexibility index (Phi) is 4.06. The zero-order valence-corrected chi connectivity index (χ0v) is 12.5. The molecule has 1 aromatic carbocycles. The molecule has 0 saturated carbocycles. The molecule has 0 unspecified atom stereocenters. The fourth-order valence-electron chi connectivity index (χ4n) is 2.57. The van der Waals surface area contributed by atoms with Crippen LogP contribution in [0.3, 0.4) is 0 Å². The van der Waals surface area contributed by atoms with E-state index in [4.69, 9.17) is 0 Å². The normalized spacial score (nSPS) is 10.9. The van der Waals surface area contributed by atoms with Crippen LogP contribution < -0.4 is 5.32 Å². The SMILES string of the molecule is Cn1cc(CCNC(=O)c2ccc(F)cc2F)c2cccnc21. The van der Waals surface area contributed by atoms with Gasteiger partial charge in [0, 0.05) is 37.4 Å². The Morgan fingerprint density at radius 3 is 2.91 bits per heavy atom. The van der Waals surface area contributed by atoms with Crippen LogP contribution in [-0.2, 0) is 13.5 Å². The Hall–Kier alpha value is -2.76. The second-order valence-electron chi connectivity index (χ2n) is 5.27. The van der Waals surface area contributed by atoms with Crippen molar-refractivity contribution in [2.24, 2.45) is 7.05 Å². The van der Waals surface area contributed by atoms with E-state index in [1.807, 2.05) is 29.9 Å². The van der Waals surface area contributed by atoms with Gasteiger partial charge < -0.3 is 9.88 Å². The molecule has 2 aromatic heterocycles. The number of rotatable bonds is 4. The second kappa shape index (κ2) is 6.16. The lowest BCUT2D eigenvalue weighted by molar-refractivity contribution is 0.0950. The van der Waals surface area contributed by atoms with Crippen LogP contribution in [0.25, 0.3) is 11.0 Å². The number of carbonyl (C=O) groups excluding carboxylic acids is 1. The van der Waals surface area contributed by atoms with Crippen LogP contribution in [-0.4, -0.2) is 22.0 Å². The first kappa shape index (κ1) is 15.1. The molecule has 118 valence electrons. The van der Waals surface area contributed by atoms with Gasteiger partial charge in [-0.3, -0.25) is 4.79 Å². The maximum Gasteiger partial charge on any atom is 0.254 e. The van der Waals surface area contributed by atoms with Gasteiger partial charge in [-0.15, -0.1) is 0 Å². The molecule has 0 aliphatic carbocycles. The molecular weight excluding hydrogens is 300 g/mol. The van der Waals surface area contributed by atoms with Gasteiger partial charge in [0.25, 0.3) is 5.91 Å². The molecule has 0 bridgehead atoms. The van der Waals surface area contributed by atoms with Gasteiger partial charge in [0.05, 0.1) is 5.56 Å². The van der Waals surface area contributed by atoms with Crippen LogP contribution >= 0.6 is 0 Å². The molecule has 3 rings (SSSR count). The molecule has 0 aliphatic rings. The lowest BCUT2D eigenvalue weighted by atomic mass is 10.1. The number of aromatic nitrogens is 2. The maximum atomic E-state index is 13.6. The van der Waals surface area contributed by atoms with Gasteiger partial charge in [-0.25, -0.2) is 13.8 Å². The highest BCUT2D eigenvalue weighted by atomic mass is 19.1. The number of amides is 1. The van der Waals surface area contributed by atoms with E-state index in [9.17, 15) is 13.6 Å². The van der Waals surface area contributed by atoms with Gasteiger partial charge in [0.1, 0.15) is 17.3 Å². The van der Waals surface area contributed by atoms with Crippen molar-refractivity contribution >= 4 is 16.9 Å². The van der Waals surface area contributed by atoms with Gasteiger partial charge in [-0.05, 0) is 36.2 Å². The van der Waals surface area contributed by atoms with Crippen molar-refractivity contribution in [1.82, 2.24) is 14.9 Å². The van der Waals surface area contributed by atoms with Crippen LogP contribution in [0.2, 0.25) is 0 Å². The molecule has 1 N–H and O–H groups in total. The van der Waals surface area contributed by atoms with E-state index in [-0.39, 0.29) is 5.56 Å². The molecule has 0 fully saturated rings. The van der Waals surface area contributed by atoms with Gasteiger partial charge >= 0.3 is 0 Å². The number of benzene rings is 1. The molecule has 1 amide bonds. The molecule has 0 spiro atoms. The quantitative estimate of drug-likeness (QED) is 0.805. The second-order valence-corrected chi connectivity index (χ2v) is 5.27. The van der Waals surface area contributed by atoms with Crippen molar-refractivity contribution < 1.29 is 13.6 Å². The summed E-state index contributed by atoms with van der Waals surface area (Å²) < 4.78 is 28.3. The number of fused-ring (bicyclic) bond motifs is 1. The van der Waals surface area contributed by atoms with Crippen LogP contribution in [0, 0.1) is 11.6 Å². The molecule has 4 nitrogen and oxygen atoms in total. The van der Waals surface area contributed by atoms with Crippen molar-refractivity contribution in [2.45, 2.75) is 6.42 Å². The first-order chi connectivity index (χ1) is 11.1. The summed E-state index contributed by atoms with van der Waals surface area (Å²) in [6, 6.07) is 6.74. The molecule has 3 aromatic rings. The molecule has 0 aliphatic heterocycles. The third-order valence-electron chi connectivity index (χ3n) is 3.67. The Morgan fingerprint density at radius 2 is 2.13 bits per heavy atom. The minimum atomic E-state index is -0.864. The predicted molar refractivity (Wildman–Crippen MR) is 83.1 cm³/mol. The third kappa shape index (κ3) is 3.06. The Bertz CT molecular complexity index is 873. The summed E-state index contributed by atoms with van der Waals surface area (Å²) in [5.41, 5.74) is 1.76. The fourth-order valence-corrected chi connectivity index (χ4v) is 2.57. The van der Waals surface area contributed by atoms with Crippen molar-refractivity contribution in [2.75, 3.05) is 6.54 Å². The Labute approximate surface area is 131 Å². The summed E-state index contributed by atoms with van der Waals surface area (Å²) in [6.45, 7) is 0.351. The van der Waals surface area contributed by atoms with Crippen LogP contribution in [0.1, 0.15) is 15.9 Å². The molecule has 0 saturated heterocycles. The van der Waals surface area contributed by atoms with Crippen molar-refractivity contribution in [3.8, 4) is 0 Å². The highest BCUT2D eigenvalue weighted by Crippen LogP contribution is 2.18. The number of hydrogen-bond donors (Lipinski definition) is 1. The van der Waals surface area contributed by atoms with Crippen molar-refractivity contribution in [3.63, 3.8) is 0 Å². The largest absolute Gasteiger partial charge is 0.352 e. The monoisotopic (exact) mass is 315 g/mol. The van der Waals surface area contributed by atoms with Gasteiger partial charge in [-0.1, -0.05) is 0 Å². The van der Waals surface area contributed by atoms with E-state index in [2.05, 4.69) is 10.3 Å². The number of aryl methyl sites for hydroxylation is 1. The van der Waals surface area contributed by atoms with Crippen molar-refractivity contribution in [3.05, 3.63) is 65.5 Å². The molecule has 2 heterocycles. The lowest BCUT2D eigenvalue weighted by Crippen LogP contribution is -2.26. The smallest absolute Gasteiger partial charge is 0.254 e. The van der Waals surface area contributed by atoms with E-state index < -0.39 is 17.5 Å². The zero-order chi connectivity index (χ0) is 16.4. The van der Waals surface area contributed by atoms with E-state index in [0.29, 0.717) is 19.0 Å². The number of carbonyl (C=O) groups is 1. The van der Waals surface area contributed by atoms with E-state index >= 15 is 0 Å². The van der Waals surface area contributed by atoms with E-state index in [1.54, 1.807) is 6.20 Å². The minimum Gasteiger partial charge on any atom is -0.352 e. The zero-order valence-electron chi connectivity index (χ0n) is 12.5. The van der Waals surface area contributed by atoms with Gasteiger partial charge in [0.2, 0.25) is 0 Å². The molecule has 0 radical (unpaired) electrons. The average molecular weight is 315 g/mol. The van der Waals surface area contributed by atoms with Crippen LogP contribution in [0.4, 0.5) is 8.78 Å². The topological polar surface area (TPSA) is 46.9 Å². The average Bonchev–Trinajstić information content (AvgIpc) is 2.84. The number of nitrogens with zero attached hydrogens (tertiary/aromatic N) is 2. The Morgan fingerprint density at radius 1 is 1.30 bits per heavy atom. The lowest BCUT2D eigenvalue weighted by Gasteiger charge is -2.06. The third-order valence-corrected chi connectivity index (χ3v) is 3.67. The number of hydrogen-bond acceptors (Lipinski definition) is 2. The Balaban J connectivity index is 1.68. The maximum absolute atomic E-state index is 13.6. The first-order valence-electron chi connectivity index (χ1n) is 7.18. The van der Waals surface area contributed by atoms with Crippen molar-refractivity contribution in [1.29, 1.82) is 0 Å². The van der Waals surface area contributed by atoms with Gasteiger partial charge in [-0.2, -0.15) is 0 Å². The first-order valence-corrected chi connectivity index (χ1v) is 7.18. The standard InChI is InChI=1S/C17H15F2N3O/c1-22-10-11(13-3-2-7-20-16(13)22)6-8-21-17(23)14-5-4-12(18)9-15(14)19/h2-5,7,9-10H,6,8H2,1H3,(H,21,23). The fraction of sp³-hybridized carbons (Fsp3) is 0.176. The van der Waals surface area contributed by atoms with Gasteiger partial charge in [0.15, 0.2) is 0 Å². The summed E-state index contributed by atoms with van der Waals surface area (Å²) in [5, 5.41) is 3.68. The van der Waals surface area contributed by atoms with E-state index in [0.717, 1.165) is 28.7 Å². The molecule has 23 heavy (non-hydrogen) atoms. The molecule has 6 heteroatoms. The number of nitrogens with one attached hydrogen (secondary N) is 1. The van der Waals surface area contributed by atoms with Crippen LogP contribution in [0.5, 0.6) is 0 Å². The summed E-state index contributed by atoms with van der Waals surface area (Å²) in [5.74, 6) is -2.12. The summed E-state index contributed by atoms with van der Waals surface area (Å²) in [6.07, 6.45) is 4.28. The summed E-state index contributed by atoms with van der Waals surface area (Å²) in [4.78, 5) is 16.2. The summed E-state index contributed by atoms with van der Waals surface area (Å²) in [7, 11) is 1.91. The summed E-state index contributed by atoms with van der Waals surface area (Å²) >= 11 is 0. The molecular formula is C17H15F2N3O. The molecule has 0 atom stereocenters. The van der Waals surface area contributed by atoms with Crippen LogP contribution in [0.15, 0.2) is 42.7 Å². The number of pyridine rings is 1. The number of halogens is 2. The highest BCUT2D eigenvalue weighted by molar-refractivity contribution is 5.94.